The standard InChI is InChI=1S/C17H12N6O3/c24-17(16-14(23(25)26)9-18-21-16)19-12-6-4-11(5-7-12)13-10-22-8-2-1-3-15(22)20-13/h1-10H,(H,18,21)(H,19,24). The number of hydrogen-bond acceptors (Lipinski definition) is 5. The van der Waals surface area contributed by atoms with Gasteiger partial charge in [0.05, 0.1) is 10.6 Å². The third kappa shape index (κ3) is 2.77. The quantitative estimate of drug-likeness (QED) is 0.434. The largest absolute Gasteiger partial charge is 0.320 e. The molecule has 0 aliphatic heterocycles. The number of aromatic nitrogens is 4. The molecule has 0 bridgehead atoms. The second kappa shape index (κ2) is 6.13. The van der Waals surface area contributed by atoms with Crippen molar-refractivity contribution in [2.45, 2.75) is 0 Å². The molecule has 0 radical (unpaired) electrons. The van der Waals surface area contributed by atoms with Gasteiger partial charge in [-0.15, -0.1) is 0 Å². The fraction of sp³-hybridized carbons (Fsp3) is 0. The van der Waals surface area contributed by atoms with Crippen LogP contribution in [0.4, 0.5) is 11.4 Å². The normalized spacial score (nSPS) is 10.8. The summed E-state index contributed by atoms with van der Waals surface area (Å²) in [6.07, 6.45) is 4.83. The maximum Gasteiger partial charge on any atom is 0.319 e. The van der Waals surface area contributed by atoms with Gasteiger partial charge in [0.15, 0.2) is 0 Å². The number of rotatable bonds is 4. The van der Waals surface area contributed by atoms with E-state index < -0.39 is 10.8 Å². The van der Waals surface area contributed by atoms with E-state index in [1.165, 1.54) is 0 Å². The highest BCUT2D eigenvalue weighted by Crippen LogP contribution is 2.22. The fourth-order valence-corrected chi connectivity index (χ4v) is 2.58. The minimum Gasteiger partial charge on any atom is -0.320 e. The third-order valence-corrected chi connectivity index (χ3v) is 3.85. The van der Waals surface area contributed by atoms with E-state index in [0.29, 0.717) is 5.69 Å². The fourth-order valence-electron chi connectivity index (χ4n) is 2.58. The van der Waals surface area contributed by atoms with Crippen LogP contribution in [-0.4, -0.2) is 30.4 Å². The monoisotopic (exact) mass is 348 g/mol. The van der Waals surface area contributed by atoms with Gasteiger partial charge in [-0.05, 0) is 24.3 Å². The number of fused-ring (bicyclic) bond motifs is 1. The molecule has 3 heterocycles. The molecule has 2 N–H and O–H groups in total. The smallest absolute Gasteiger partial charge is 0.319 e. The van der Waals surface area contributed by atoms with E-state index in [1.54, 1.807) is 12.1 Å². The van der Waals surface area contributed by atoms with Crippen LogP contribution < -0.4 is 5.32 Å². The first-order valence-electron chi connectivity index (χ1n) is 7.65. The van der Waals surface area contributed by atoms with E-state index in [-0.39, 0.29) is 11.4 Å². The Morgan fingerprint density at radius 1 is 1.19 bits per heavy atom. The van der Waals surface area contributed by atoms with Crippen molar-refractivity contribution >= 4 is 22.9 Å². The van der Waals surface area contributed by atoms with Gasteiger partial charge in [0, 0.05) is 23.6 Å². The molecule has 0 unspecified atom stereocenters. The molecule has 128 valence electrons. The first kappa shape index (κ1) is 15.5. The van der Waals surface area contributed by atoms with Crippen LogP contribution >= 0.6 is 0 Å². The number of nitrogens with one attached hydrogen (secondary N) is 2. The molecule has 0 saturated carbocycles. The Hall–Kier alpha value is -4.01. The number of amides is 1. The molecule has 26 heavy (non-hydrogen) atoms. The summed E-state index contributed by atoms with van der Waals surface area (Å²) in [6.45, 7) is 0. The van der Waals surface area contributed by atoms with Crippen molar-refractivity contribution in [2.24, 2.45) is 0 Å². The molecule has 0 spiro atoms. The molecule has 4 aromatic rings. The number of aromatic amines is 1. The number of H-pyrrole nitrogens is 1. The second-order valence-electron chi connectivity index (χ2n) is 5.51. The highest BCUT2D eigenvalue weighted by molar-refractivity contribution is 6.05. The van der Waals surface area contributed by atoms with Crippen LogP contribution in [0.3, 0.4) is 0 Å². The van der Waals surface area contributed by atoms with Gasteiger partial charge in [-0.1, -0.05) is 18.2 Å². The molecule has 1 aromatic carbocycles. The second-order valence-corrected chi connectivity index (χ2v) is 5.51. The molecular weight excluding hydrogens is 336 g/mol. The average molecular weight is 348 g/mol. The molecular formula is C17H12N6O3. The number of imidazole rings is 1. The van der Waals surface area contributed by atoms with Gasteiger partial charge in [-0.2, -0.15) is 5.10 Å². The van der Waals surface area contributed by atoms with Crippen LogP contribution in [0, 0.1) is 10.1 Å². The predicted octanol–water partition coefficient (Wildman–Crippen LogP) is 2.88. The summed E-state index contributed by atoms with van der Waals surface area (Å²) in [5.74, 6) is -0.630. The lowest BCUT2D eigenvalue weighted by molar-refractivity contribution is -0.385. The van der Waals surface area contributed by atoms with Crippen LogP contribution in [0.25, 0.3) is 16.9 Å². The highest BCUT2D eigenvalue weighted by Gasteiger charge is 2.22. The van der Waals surface area contributed by atoms with Crippen LogP contribution in [0.2, 0.25) is 0 Å². The van der Waals surface area contributed by atoms with Gasteiger partial charge in [0.25, 0.3) is 5.91 Å². The zero-order valence-electron chi connectivity index (χ0n) is 13.3. The zero-order chi connectivity index (χ0) is 18.1. The maximum absolute atomic E-state index is 12.2. The number of carbonyl (C=O) groups excluding carboxylic acids is 1. The Labute approximate surface area is 146 Å². The first-order chi connectivity index (χ1) is 12.6. The summed E-state index contributed by atoms with van der Waals surface area (Å²) in [7, 11) is 0. The minimum atomic E-state index is -0.662. The Bertz CT molecular complexity index is 1080. The highest BCUT2D eigenvalue weighted by atomic mass is 16.6. The molecule has 3 aromatic heterocycles. The van der Waals surface area contributed by atoms with Gasteiger partial charge < -0.3 is 9.72 Å². The van der Waals surface area contributed by atoms with E-state index in [4.69, 9.17) is 0 Å². The van der Waals surface area contributed by atoms with Gasteiger partial charge in [-0.3, -0.25) is 20.0 Å². The molecule has 9 nitrogen and oxygen atoms in total. The van der Waals surface area contributed by atoms with Crippen LogP contribution in [-0.2, 0) is 0 Å². The number of nitro groups is 1. The van der Waals surface area contributed by atoms with Crippen molar-refractivity contribution in [3.63, 3.8) is 0 Å². The van der Waals surface area contributed by atoms with E-state index in [2.05, 4.69) is 20.5 Å². The van der Waals surface area contributed by atoms with Gasteiger partial charge in [-0.25, -0.2) is 4.98 Å². The minimum absolute atomic E-state index is 0.195. The molecule has 4 rings (SSSR count). The predicted molar refractivity (Wildman–Crippen MR) is 93.8 cm³/mol. The number of anilines is 1. The van der Waals surface area contributed by atoms with Crippen LogP contribution in [0.5, 0.6) is 0 Å². The summed E-state index contributed by atoms with van der Waals surface area (Å²) < 4.78 is 1.92. The molecule has 0 fully saturated rings. The van der Waals surface area contributed by atoms with Crippen molar-refractivity contribution in [1.29, 1.82) is 0 Å². The summed E-state index contributed by atoms with van der Waals surface area (Å²) >= 11 is 0. The number of pyridine rings is 1. The lowest BCUT2D eigenvalue weighted by atomic mass is 10.1. The molecule has 0 saturated heterocycles. The van der Waals surface area contributed by atoms with E-state index in [0.717, 1.165) is 23.1 Å². The Morgan fingerprint density at radius 3 is 2.73 bits per heavy atom. The number of nitrogens with zero attached hydrogens (tertiary/aromatic N) is 4. The zero-order valence-corrected chi connectivity index (χ0v) is 13.3. The van der Waals surface area contributed by atoms with E-state index in [9.17, 15) is 14.9 Å². The van der Waals surface area contributed by atoms with Gasteiger partial charge >= 0.3 is 5.69 Å². The Morgan fingerprint density at radius 2 is 2.00 bits per heavy atom. The third-order valence-electron chi connectivity index (χ3n) is 3.85. The van der Waals surface area contributed by atoms with Crippen molar-refractivity contribution < 1.29 is 9.72 Å². The van der Waals surface area contributed by atoms with Crippen molar-refractivity contribution in [1.82, 2.24) is 19.6 Å². The van der Waals surface area contributed by atoms with E-state index >= 15 is 0 Å². The summed E-state index contributed by atoms with van der Waals surface area (Å²) in [6, 6.07) is 12.8. The molecule has 0 aliphatic carbocycles. The van der Waals surface area contributed by atoms with Gasteiger partial charge in [0.2, 0.25) is 5.69 Å². The lowest BCUT2D eigenvalue weighted by Crippen LogP contribution is -2.14. The SMILES string of the molecule is O=C(Nc1ccc(-c2cn3ccccc3n2)cc1)c1[nH]ncc1[N+](=O)[O-]. The molecule has 0 atom stereocenters. The van der Waals surface area contributed by atoms with Crippen LogP contribution in [0.1, 0.15) is 10.5 Å². The first-order valence-corrected chi connectivity index (χ1v) is 7.65. The number of carbonyl (C=O) groups is 1. The number of hydrogen-bond donors (Lipinski definition) is 2. The van der Waals surface area contributed by atoms with Crippen molar-refractivity contribution in [3.8, 4) is 11.3 Å². The Balaban J connectivity index is 1.55. The number of benzene rings is 1. The Kier molecular flexibility index (Phi) is 3.66. The summed E-state index contributed by atoms with van der Waals surface area (Å²) in [4.78, 5) is 26.9. The lowest BCUT2D eigenvalue weighted by Gasteiger charge is -2.04. The van der Waals surface area contributed by atoms with Crippen molar-refractivity contribution in [2.75, 3.05) is 5.32 Å². The molecule has 0 aliphatic rings. The summed E-state index contributed by atoms with van der Waals surface area (Å²) in [5.41, 5.74) is 2.47. The van der Waals surface area contributed by atoms with Crippen molar-refractivity contribution in [3.05, 3.63) is 76.9 Å². The topological polar surface area (TPSA) is 118 Å². The summed E-state index contributed by atoms with van der Waals surface area (Å²) in [5, 5.41) is 19.4. The van der Waals surface area contributed by atoms with Gasteiger partial charge in [0.1, 0.15) is 11.8 Å². The molecule has 9 heteroatoms. The molecule has 1 amide bonds. The van der Waals surface area contributed by atoms with Crippen LogP contribution in [0.15, 0.2) is 61.1 Å². The maximum atomic E-state index is 12.2. The van der Waals surface area contributed by atoms with E-state index in [1.807, 2.05) is 47.1 Å². The average Bonchev–Trinajstić information content (AvgIpc) is 3.29.